The molecule has 32 heavy (non-hydrogen) atoms. The number of carbonyl (C=O) groups excluding carboxylic acids is 2. The number of anilines is 2. The monoisotopic (exact) mass is 465 g/mol. The number of amides is 1. The molecule has 6 nitrogen and oxygen atoms in total. The number of nitrogens with zero attached hydrogens (tertiary/aromatic N) is 1. The van der Waals surface area contributed by atoms with Gasteiger partial charge < -0.3 is 15.8 Å². The summed E-state index contributed by atoms with van der Waals surface area (Å²) in [6.07, 6.45) is 0. The molecular formula is C24H23N3O3S2. The van der Waals surface area contributed by atoms with Crippen LogP contribution in [-0.2, 0) is 4.74 Å². The van der Waals surface area contributed by atoms with Gasteiger partial charge in [-0.2, -0.15) is 0 Å². The number of ether oxygens (including phenoxy) is 1. The molecule has 8 heteroatoms. The molecule has 0 bridgehead atoms. The molecule has 1 amide bonds. The normalized spacial score (nSPS) is 11.0. The summed E-state index contributed by atoms with van der Waals surface area (Å²) >= 11 is 2.54. The Hall–Kier alpha value is -3.23. The van der Waals surface area contributed by atoms with Gasteiger partial charge in [0.25, 0.3) is 5.91 Å². The number of nitrogens with one attached hydrogen (secondary N) is 1. The lowest BCUT2D eigenvalue weighted by Crippen LogP contribution is -2.15. The first kappa shape index (κ1) is 22.0. The first-order valence-electron chi connectivity index (χ1n) is 10.1. The Morgan fingerprint density at radius 1 is 1.16 bits per heavy atom. The van der Waals surface area contributed by atoms with Gasteiger partial charge >= 0.3 is 5.97 Å². The lowest BCUT2D eigenvalue weighted by atomic mass is 10.0. The highest BCUT2D eigenvalue weighted by Gasteiger charge is 2.25. The fourth-order valence-electron chi connectivity index (χ4n) is 3.60. The molecule has 4 aromatic rings. The molecule has 3 N–H and O–H groups in total. The van der Waals surface area contributed by atoms with E-state index in [1.54, 1.807) is 6.92 Å². The van der Waals surface area contributed by atoms with Gasteiger partial charge in [-0.15, -0.1) is 22.7 Å². The van der Waals surface area contributed by atoms with Crippen LogP contribution in [0.1, 0.15) is 43.8 Å². The number of hydrogen-bond acceptors (Lipinski definition) is 7. The highest BCUT2D eigenvalue weighted by molar-refractivity contribution is 7.21. The number of carbonyl (C=O) groups is 2. The smallest absolute Gasteiger partial charge is 0.341 e. The van der Waals surface area contributed by atoms with Gasteiger partial charge in [-0.25, -0.2) is 9.78 Å². The second-order valence-corrected chi connectivity index (χ2v) is 9.38. The zero-order valence-corrected chi connectivity index (χ0v) is 19.9. The van der Waals surface area contributed by atoms with Crippen molar-refractivity contribution in [1.82, 2.24) is 4.98 Å². The van der Waals surface area contributed by atoms with E-state index in [9.17, 15) is 9.59 Å². The SMILES string of the molecule is CCOC(=O)c1c(-c2ccc(C)cc2)csc1NC(=O)c1sc2nc(C)cc(C)c2c1N. The van der Waals surface area contributed by atoms with Gasteiger partial charge in [-0.1, -0.05) is 29.8 Å². The fraction of sp³-hybridized carbons (Fsp3) is 0.208. The molecule has 0 aliphatic carbocycles. The van der Waals surface area contributed by atoms with Crippen LogP contribution in [0, 0.1) is 20.8 Å². The van der Waals surface area contributed by atoms with Crippen LogP contribution in [0.2, 0.25) is 0 Å². The van der Waals surface area contributed by atoms with Crippen LogP contribution in [0.4, 0.5) is 10.7 Å². The molecule has 0 spiro atoms. The number of hydrogen-bond donors (Lipinski definition) is 2. The van der Waals surface area contributed by atoms with Crippen molar-refractivity contribution in [3.8, 4) is 11.1 Å². The van der Waals surface area contributed by atoms with E-state index in [1.165, 1.54) is 22.7 Å². The van der Waals surface area contributed by atoms with E-state index < -0.39 is 5.97 Å². The molecule has 0 saturated heterocycles. The number of rotatable bonds is 5. The van der Waals surface area contributed by atoms with Gasteiger partial charge in [0.05, 0.1) is 12.3 Å². The summed E-state index contributed by atoms with van der Waals surface area (Å²) in [5.74, 6) is -0.845. The predicted molar refractivity (Wildman–Crippen MR) is 132 cm³/mol. The van der Waals surface area contributed by atoms with E-state index in [0.717, 1.165) is 38.2 Å². The number of nitrogens with two attached hydrogens (primary N) is 1. The Bertz CT molecular complexity index is 1340. The van der Waals surface area contributed by atoms with Crippen LogP contribution in [0.3, 0.4) is 0 Å². The lowest BCUT2D eigenvalue weighted by molar-refractivity contribution is 0.0529. The van der Waals surface area contributed by atoms with Crippen molar-refractivity contribution in [3.63, 3.8) is 0 Å². The third-order valence-electron chi connectivity index (χ3n) is 5.09. The number of thiophene rings is 2. The fourth-order valence-corrected chi connectivity index (χ4v) is 5.66. The predicted octanol–water partition coefficient (Wildman–Crippen LogP) is 5.96. The summed E-state index contributed by atoms with van der Waals surface area (Å²) in [5, 5.41) is 5.97. The summed E-state index contributed by atoms with van der Waals surface area (Å²) in [7, 11) is 0. The maximum atomic E-state index is 13.2. The van der Waals surface area contributed by atoms with E-state index in [0.29, 0.717) is 21.1 Å². The van der Waals surface area contributed by atoms with Gasteiger partial charge in [0, 0.05) is 22.0 Å². The van der Waals surface area contributed by atoms with Crippen molar-refractivity contribution in [2.75, 3.05) is 17.7 Å². The first-order valence-corrected chi connectivity index (χ1v) is 11.8. The van der Waals surface area contributed by atoms with Crippen LogP contribution in [0.5, 0.6) is 0 Å². The Morgan fingerprint density at radius 3 is 2.56 bits per heavy atom. The molecule has 3 heterocycles. The van der Waals surface area contributed by atoms with Gasteiger partial charge in [-0.3, -0.25) is 4.79 Å². The number of esters is 1. The summed E-state index contributed by atoms with van der Waals surface area (Å²) in [6, 6.07) is 9.81. The molecule has 0 atom stereocenters. The molecule has 4 rings (SSSR count). The molecule has 164 valence electrons. The Morgan fingerprint density at radius 2 is 1.88 bits per heavy atom. The van der Waals surface area contributed by atoms with Crippen molar-refractivity contribution >= 4 is 55.5 Å². The molecule has 0 aliphatic rings. The topological polar surface area (TPSA) is 94.3 Å². The number of aryl methyl sites for hydroxylation is 3. The average molecular weight is 466 g/mol. The van der Waals surface area contributed by atoms with Crippen molar-refractivity contribution in [3.05, 3.63) is 63.0 Å². The van der Waals surface area contributed by atoms with Crippen LogP contribution < -0.4 is 11.1 Å². The van der Waals surface area contributed by atoms with Crippen molar-refractivity contribution < 1.29 is 14.3 Å². The highest BCUT2D eigenvalue weighted by atomic mass is 32.1. The first-order chi connectivity index (χ1) is 15.3. The van der Waals surface area contributed by atoms with Gasteiger partial charge in [0.2, 0.25) is 0 Å². The summed E-state index contributed by atoms with van der Waals surface area (Å²) in [4.78, 5) is 31.6. The second-order valence-electron chi connectivity index (χ2n) is 7.50. The molecular weight excluding hydrogens is 442 g/mol. The summed E-state index contributed by atoms with van der Waals surface area (Å²) in [5.41, 5.74) is 11.6. The number of fused-ring (bicyclic) bond motifs is 1. The highest BCUT2D eigenvalue weighted by Crippen LogP contribution is 2.39. The second kappa shape index (κ2) is 8.72. The molecule has 0 saturated carbocycles. The Balaban J connectivity index is 1.74. The maximum Gasteiger partial charge on any atom is 0.341 e. The third kappa shape index (κ3) is 3.99. The average Bonchev–Trinajstić information content (AvgIpc) is 3.30. The van der Waals surface area contributed by atoms with Crippen LogP contribution in [0.25, 0.3) is 21.3 Å². The van der Waals surface area contributed by atoms with E-state index in [1.807, 2.05) is 56.5 Å². The molecule has 0 fully saturated rings. The minimum absolute atomic E-state index is 0.239. The quantitative estimate of drug-likeness (QED) is 0.355. The minimum atomic E-state index is -0.475. The maximum absolute atomic E-state index is 13.2. The van der Waals surface area contributed by atoms with E-state index >= 15 is 0 Å². The Labute approximate surface area is 194 Å². The minimum Gasteiger partial charge on any atom is -0.462 e. The number of pyridine rings is 1. The van der Waals surface area contributed by atoms with Gasteiger partial charge in [-0.05, 0) is 44.9 Å². The van der Waals surface area contributed by atoms with E-state index in [2.05, 4.69) is 10.3 Å². The number of aromatic nitrogens is 1. The van der Waals surface area contributed by atoms with E-state index in [-0.39, 0.29) is 12.5 Å². The Kier molecular flexibility index (Phi) is 5.99. The standard InChI is InChI=1S/C24H23N3O3S2/c1-5-30-24(29)18-16(15-8-6-12(2)7-9-15)11-31-22(18)27-21(28)20-19(25)17-13(3)10-14(4)26-23(17)32-20/h6-11H,5,25H2,1-4H3,(H,27,28). The number of nitrogen functional groups attached to an aromatic ring is 1. The third-order valence-corrected chi connectivity index (χ3v) is 7.08. The largest absolute Gasteiger partial charge is 0.462 e. The molecule has 0 radical (unpaired) electrons. The molecule has 1 aromatic carbocycles. The van der Waals surface area contributed by atoms with Crippen molar-refractivity contribution in [2.45, 2.75) is 27.7 Å². The zero-order valence-electron chi connectivity index (χ0n) is 18.2. The summed E-state index contributed by atoms with van der Waals surface area (Å²) < 4.78 is 5.29. The molecule has 0 aliphatic heterocycles. The molecule has 3 aromatic heterocycles. The van der Waals surface area contributed by atoms with Crippen LogP contribution in [0.15, 0.2) is 35.7 Å². The lowest BCUT2D eigenvalue weighted by Gasteiger charge is -2.09. The van der Waals surface area contributed by atoms with Crippen molar-refractivity contribution in [1.29, 1.82) is 0 Å². The zero-order chi connectivity index (χ0) is 23.0. The van der Waals surface area contributed by atoms with Crippen molar-refractivity contribution in [2.24, 2.45) is 0 Å². The van der Waals surface area contributed by atoms with Crippen LogP contribution in [-0.4, -0.2) is 23.5 Å². The summed E-state index contributed by atoms with van der Waals surface area (Å²) in [6.45, 7) is 7.86. The van der Waals surface area contributed by atoms with Crippen LogP contribution >= 0.6 is 22.7 Å². The molecule has 0 unspecified atom stereocenters. The van der Waals surface area contributed by atoms with E-state index in [4.69, 9.17) is 10.5 Å². The van der Waals surface area contributed by atoms with Gasteiger partial charge in [0.1, 0.15) is 20.3 Å². The van der Waals surface area contributed by atoms with Gasteiger partial charge in [0.15, 0.2) is 0 Å². The number of benzene rings is 1.